The molecule has 5 rings (SSSR count). The van der Waals surface area contributed by atoms with Crippen LogP contribution in [0.1, 0.15) is 58.7 Å². The van der Waals surface area contributed by atoms with E-state index in [1.807, 2.05) is 54.5 Å². The predicted octanol–water partition coefficient (Wildman–Crippen LogP) is 4.12. The minimum Gasteiger partial charge on any atom is -0.451 e. The van der Waals surface area contributed by atoms with Crippen molar-refractivity contribution >= 4 is 34.1 Å². The Kier molecular flexibility index (Phi) is 5.06. The summed E-state index contributed by atoms with van der Waals surface area (Å²) in [4.78, 5) is 34.0. The standard InChI is InChI=1S/C23H25N3O4S/c1-23(2)13-29-14-26(23)21(27)17-12-31-20(24-17)15-7-9-25(10-8-15)22(28)19-11-16-5-3-4-6-18(16)30-19/h3-6,11-12,15H,7-10,13-14H2,1-2H3. The molecule has 0 atom stereocenters. The quantitative estimate of drug-likeness (QED) is 0.614. The van der Waals surface area contributed by atoms with E-state index in [2.05, 4.69) is 4.98 Å². The Morgan fingerprint density at radius 2 is 1.94 bits per heavy atom. The van der Waals surface area contributed by atoms with Gasteiger partial charge >= 0.3 is 0 Å². The molecule has 0 radical (unpaired) electrons. The molecule has 2 saturated heterocycles. The highest BCUT2D eigenvalue weighted by atomic mass is 32.1. The van der Waals surface area contributed by atoms with Crippen molar-refractivity contribution in [3.8, 4) is 0 Å². The van der Waals surface area contributed by atoms with E-state index in [4.69, 9.17) is 9.15 Å². The smallest absolute Gasteiger partial charge is 0.289 e. The summed E-state index contributed by atoms with van der Waals surface area (Å²) < 4.78 is 11.2. The van der Waals surface area contributed by atoms with Gasteiger partial charge in [0.25, 0.3) is 11.8 Å². The van der Waals surface area contributed by atoms with E-state index in [9.17, 15) is 9.59 Å². The van der Waals surface area contributed by atoms with Gasteiger partial charge in [0, 0.05) is 29.8 Å². The minimum atomic E-state index is -0.316. The number of piperidine rings is 1. The number of carbonyl (C=O) groups is 2. The lowest BCUT2D eigenvalue weighted by Crippen LogP contribution is -2.44. The molecule has 3 aromatic rings. The van der Waals surface area contributed by atoms with Crippen LogP contribution in [0.5, 0.6) is 0 Å². The maximum atomic E-state index is 12.9. The zero-order chi connectivity index (χ0) is 21.6. The Bertz CT molecular complexity index is 1090. The van der Waals surface area contributed by atoms with Crippen molar-refractivity contribution in [2.24, 2.45) is 0 Å². The van der Waals surface area contributed by atoms with Crippen molar-refractivity contribution in [1.82, 2.24) is 14.8 Å². The lowest BCUT2D eigenvalue weighted by Gasteiger charge is -2.30. The highest BCUT2D eigenvalue weighted by Crippen LogP contribution is 2.32. The van der Waals surface area contributed by atoms with Gasteiger partial charge in [-0.3, -0.25) is 9.59 Å². The van der Waals surface area contributed by atoms with Gasteiger partial charge in [-0.25, -0.2) is 4.98 Å². The number of nitrogens with zero attached hydrogens (tertiary/aromatic N) is 3. The van der Waals surface area contributed by atoms with Crippen LogP contribution in [0, 0.1) is 0 Å². The SMILES string of the molecule is CC1(C)COCN1C(=O)c1csc(C2CCN(C(=O)c3cc4ccccc4o3)CC2)n1. The van der Waals surface area contributed by atoms with Gasteiger partial charge in [0.05, 0.1) is 17.2 Å². The fourth-order valence-corrected chi connectivity index (χ4v) is 5.22. The lowest BCUT2D eigenvalue weighted by atomic mass is 9.97. The zero-order valence-electron chi connectivity index (χ0n) is 17.7. The average molecular weight is 440 g/mol. The van der Waals surface area contributed by atoms with Crippen LogP contribution in [0.3, 0.4) is 0 Å². The van der Waals surface area contributed by atoms with Crippen LogP contribution >= 0.6 is 11.3 Å². The molecule has 4 heterocycles. The van der Waals surface area contributed by atoms with Crippen LogP contribution in [0.4, 0.5) is 0 Å². The van der Waals surface area contributed by atoms with Gasteiger partial charge in [0.1, 0.15) is 18.0 Å². The van der Waals surface area contributed by atoms with Crippen molar-refractivity contribution in [3.05, 3.63) is 52.2 Å². The average Bonchev–Trinajstić information content (AvgIpc) is 3.50. The third-order valence-electron chi connectivity index (χ3n) is 6.16. The monoisotopic (exact) mass is 439 g/mol. The maximum absolute atomic E-state index is 12.9. The summed E-state index contributed by atoms with van der Waals surface area (Å²) in [6.45, 7) is 6.14. The Morgan fingerprint density at radius 1 is 1.16 bits per heavy atom. The first kappa shape index (κ1) is 20.2. The fourth-order valence-electron chi connectivity index (χ4n) is 4.26. The van der Waals surface area contributed by atoms with E-state index < -0.39 is 0 Å². The molecule has 8 heteroatoms. The van der Waals surface area contributed by atoms with E-state index in [-0.39, 0.29) is 23.3 Å². The first-order valence-electron chi connectivity index (χ1n) is 10.6. The number of hydrogen-bond acceptors (Lipinski definition) is 6. The number of rotatable bonds is 3. The number of carbonyl (C=O) groups excluding carboxylic acids is 2. The van der Waals surface area contributed by atoms with Crippen molar-refractivity contribution in [2.45, 2.75) is 38.1 Å². The zero-order valence-corrected chi connectivity index (χ0v) is 18.5. The van der Waals surface area contributed by atoms with E-state index in [1.165, 1.54) is 11.3 Å². The van der Waals surface area contributed by atoms with Crippen LogP contribution in [0.2, 0.25) is 0 Å². The number of benzene rings is 1. The molecule has 0 N–H and O–H groups in total. The molecular weight excluding hydrogens is 414 g/mol. The Balaban J connectivity index is 1.23. The number of fused-ring (bicyclic) bond motifs is 1. The van der Waals surface area contributed by atoms with Crippen LogP contribution in [-0.4, -0.2) is 58.6 Å². The van der Waals surface area contributed by atoms with Crippen molar-refractivity contribution in [1.29, 1.82) is 0 Å². The number of aromatic nitrogens is 1. The summed E-state index contributed by atoms with van der Waals surface area (Å²) >= 11 is 1.53. The summed E-state index contributed by atoms with van der Waals surface area (Å²) in [6.07, 6.45) is 1.65. The van der Waals surface area contributed by atoms with Crippen LogP contribution in [0.25, 0.3) is 11.0 Å². The number of thiazole rings is 1. The van der Waals surface area contributed by atoms with E-state index >= 15 is 0 Å². The minimum absolute atomic E-state index is 0.0686. The van der Waals surface area contributed by atoms with Gasteiger partial charge in [0.15, 0.2) is 5.76 Å². The number of ether oxygens (including phenoxy) is 1. The number of furan rings is 1. The molecule has 2 fully saturated rings. The molecule has 2 aliphatic rings. The first-order chi connectivity index (χ1) is 14.9. The van der Waals surface area contributed by atoms with E-state index in [0.717, 1.165) is 28.8 Å². The number of likely N-dealkylation sites (tertiary alicyclic amines) is 1. The van der Waals surface area contributed by atoms with Gasteiger partial charge < -0.3 is 19.0 Å². The van der Waals surface area contributed by atoms with Gasteiger partial charge in [-0.05, 0) is 38.8 Å². The number of amides is 2. The van der Waals surface area contributed by atoms with Crippen LogP contribution < -0.4 is 0 Å². The summed E-state index contributed by atoms with van der Waals surface area (Å²) in [5.74, 6) is 0.495. The second-order valence-electron chi connectivity index (χ2n) is 8.81. The normalized spacial score (nSPS) is 19.3. The third kappa shape index (κ3) is 3.74. The molecule has 0 aliphatic carbocycles. The summed E-state index contributed by atoms with van der Waals surface area (Å²) in [5.41, 5.74) is 0.898. The molecule has 7 nitrogen and oxygen atoms in total. The molecular formula is C23H25N3O4S. The van der Waals surface area contributed by atoms with Crippen LogP contribution in [0.15, 0.2) is 40.1 Å². The van der Waals surface area contributed by atoms with Gasteiger partial charge in [-0.1, -0.05) is 18.2 Å². The predicted molar refractivity (Wildman–Crippen MR) is 117 cm³/mol. The molecule has 0 bridgehead atoms. The van der Waals surface area contributed by atoms with E-state index in [1.54, 1.807) is 4.90 Å². The summed E-state index contributed by atoms with van der Waals surface area (Å²) in [5, 5.41) is 3.75. The number of hydrogen-bond donors (Lipinski definition) is 0. The maximum Gasteiger partial charge on any atom is 0.289 e. The number of para-hydroxylation sites is 1. The largest absolute Gasteiger partial charge is 0.451 e. The lowest BCUT2D eigenvalue weighted by molar-refractivity contribution is 0.0600. The van der Waals surface area contributed by atoms with Crippen molar-refractivity contribution in [3.63, 3.8) is 0 Å². The molecule has 162 valence electrons. The van der Waals surface area contributed by atoms with Crippen LogP contribution in [-0.2, 0) is 4.74 Å². The summed E-state index contributed by atoms with van der Waals surface area (Å²) in [6, 6.07) is 9.46. The molecule has 0 saturated carbocycles. The van der Waals surface area contributed by atoms with Crippen molar-refractivity contribution in [2.75, 3.05) is 26.4 Å². The second kappa shape index (κ2) is 7.76. The molecule has 2 aliphatic heterocycles. The molecule has 2 amide bonds. The highest BCUT2D eigenvalue weighted by molar-refractivity contribution is 7.09. The Morgan fingerprint density at radius 3 is 2.65 bits per heavy atom. The highest BCUT2D eigenvalue weighted by Gasteiger charge is 2.38. The second-order valence-corrected chi connectivity index (χ2v) is 9.70. The van der Waals surface area contributed by atoms with E-state index in [0.29, 0.717) is 37.9 Å². The molecule has 1 aromatic carbocycles. The fraction of sp³-hybridized carbons (Fsp3) is 0.435. The third-order valence-corrected chi connectivity index (χ3v) is 7.17. The summed E-state index contributed by atoms with van der Waals surface area (Å²) in [7, 11) is 0. The molecule has 31 heavy (non-hydrogen) atoms. The molecule has 0 spiro atoms. The van der Waals surface area contributed by atoms with Gasteiger partial charge in [-0.2, -0.15) is 0 Å². The first-order valence-corrected chi connectivity index (χ1v) is 11.4. The topological polar surface area (TPSA) is 75.9 Å². The van der Waals surface area contributed by atoms with Gasteiger partial charge in [-0.15, -0.1) is 11.3 Å². The Hall–Kier alpha value is -2.71. The molecule has 2 aromatic heterocycles. The Labute approximate surface area is 184 Å². The van der Waals surface area contributed by atoms with Gasteiger partial charge in [0.2, 0.25) is 0 Å². The van der Waals surface area contributed by atoms with Crippen molar-refractivity contribution < 1.29 is 18.7 Å². The molecule has 0 unspecified atom stereocenters.